The van der Waals surface area contributed by atoms with Gasteiger partial charge in [-0.3, -0.25) is 4.79 Å². The van der Waals surface area contributed by atoms with Crippen LogP contribution in [0.5, 0.6) is 0 Å². The quantitative estimate of drug-likeness (QED) is 0.702. The summed E-state index contributed by atoms with van der Waals surface area (Å²) in [6, 6.07) is 15.9. The van der Waals surface area contributed by atoms with Crippen LogP contribution in [-0.4, -0.2) is 25.1 Å². The smallest absolute Gasteiger partial charge is 0.235 e. The van der Waals surface area contributed by atoms with Crippen molar-refractivity contribution in [3.63, 3.8) is 0 Å². The number of aromatic nitrogens is 1. The average molecular weight is 385 g/mol. The first-order valence-corrected chi connectivity index (χ1v) is 10.4. The Morgan fingerprint density at radius 2 is 1.88 bits per heavy atom. The lowest BCUT2D eigenvalue weighted by molar-refractivity contribution is -0.118. The summed E-state index contributed by atoms with van der Waals surface area (Å²) in [6.07, 6.45) is 0. The van der Waals surface area contributed by atoms with Crippen molar-refractivity contribution in [2.75, 3.05) is 5.75 Å². The molecule has 26 heavy (non-hydrogen) atoms. The van der Waals surface area contributed by atoms with Crippen LogP contribution < -0.4 is 5.32 Å². The minimum Gasteiger partial charge on any atom is -0.349 e. The van der Waals surface area contributed by atoms with Crippen molar-refractivity contribution < 1.29 is 13.2 Å². The van der Waals surface area contributed by atoms with E-state index in [2.05, 4.69) is 10.3 Å². The van der Waals surface area contributed by atoms with Crippen molar-refractivity contribution in [3.8, 4) is 6.07 Å². The van der Waals surface area contributed by atoms with Crippen molar-refractivity contribution in [2.24, 2.45) is 0 Å². The highest BCUT2D eigenvalue weighted by atomic mass is 32.2. The molecule has 0 radical (unpaired) electrons. The summed E-state index contributed by atoms with van der Waals surface area (Å²) in [7, 11) is -3.59. The zero-order valence-corrected chi connectivity index (χ0v) is 15.3. The van der Waals surface area contributed by atoms with Gasteiger partial charge in [-0.2, -0.15) is 5.26 Å². The number of benzene rings is 2. The van der Waals surface area contributed by atoms with Crippen LogP contribution in [0.15, 0.2) is 48.5 Å². The van der Waals surface area contributed by atoms with E-state index in [4.69, 9.17) is 5.26 Å². The molecule has 0 unspecified atom stereocenters. The van der Waals surface area contributed by atoms with Gasteiger partial charge >= 0.3 is 0 Å². The van der Waals surface area contributed by atoms with Gasteiger partial charge in [0.25, 0.3) is 0 Å². The largest absolute Gasteiger partial charge is 0.349 e. The van der Waals surface area contributed by atoms with Crippen LogP contribution in [-0.2, 0) is 26.9 Å². The van der Waals surface area contributed by atoms with Gasteiger partial charge in [0.1, 0.15) is 10.8 Å². The Kier molecular flexibility index (Phi) is 5.30. The Labute approximate surface area is 155 Å². The number of nitrogens with zero attached hydrogens (tertiary/aromatic N) is 2. The molecule has 8 heteroatoms. The normalized spacial score (nSPS) is 11.2. The summed E-state index contributed by atoms with van der Waals surface area (Å²) in [6.45, 7) is 0.199. The van der Waals surface area contributed by atoms with E-state index in [9.17, 15) is 13.2 Å². The van der Waals surface area contributed by atoms with Crippen molar-refractivity contribution in [1.29, 1.82) is 5.26 Å². The molecular formula is C18H15N3O3S2. The van der Waals surface area contributed by atoms with Gasteiger partial charge in [0, 0.05) is 0 Å². The molecule has 1 heterocycles. The molecule has 0 aliphatic heterocycles. The number of nitriles is 1. The van der Waals surface area contributed by atoms with E-state index in [0.717, 1.165) is 15.2 Å². The fourth-order valence-electron chi connectivity index (χ4n) is 2.40. The average Bonchev–Trinajstić information content (AvgIpc) is 3.03. The summed E-state index contributed by atoms with van der Waals surface area (Å²) < 4.78 is 25.4. The van der Waals surface area contributed by atoms with Gasteiger partial charge in [0.15, 0.2) is 9.84 Å². The predicted molar refractivity (Wildman–Crippen MR) is 100 cm³/mol. The molecule has 132 valence electrons. The molecule has 1 aromatic heterocycles. The topological polar surface area (TPSA) is 99.9 Å². The molecule has 6 nitrogen and oxygen atoms in total. The second-order valence-corrected chi connectivity index (χ2v) is 8.87. The number of rotatable bonds is 6. The SMILES string of the molecule is N#Cc1ccc(CS(=O)(=O)CC(=O)NCc2nc3ccccc3s2)cc1. The molecule has 0 aliphatic rings. The van der Waals surface area contributed by atoms with E-state index in [1.807, 2.05) is 30.3 Å². The number of thiazole rings is 1. The Hall–Kier alpha value is -2.76. The van der Waals surface area contributed by atoms with Crippen molar-refractivity contribution in [2.45, 2.75) is 12.3 Å². The number of nitrogens with one attached hydrogen (secondary N) is 1. The van der Waals surface area contributed by atoms with Crippen LogP contribution >= 0.6 is 11.3 Å². The second kappa shape index (κ2) is 7.64. The number of hydrogen-bond acceptors (Lipinski definition) is 6. The Bertz CT molecular complexity index is 1050. The molecule has 0 bridgehead atoms. The third-order valence-electron chi connectivity index (χ3n) is 3.60. The van der Waals surface area contributed by atoms with E-state index in [1.54, 1.807) is 24.3 Å². The molecule has 3 aromatic rings. The third-order valence-corrected chi connectivity index (χ3v) is 6.11. The maximum atomic E-state index is 12.2. The molecule has 3 rings (SSSR count). The lowest BCUT2D eigenvalue weighted by atomic mass is 10.2. The molecule has 1 amide bonds. The molecule has 0 saturated heterocycles. The lowest BCUT2D eigenvalue weighted by Crippen LogP contribution is -2.30. The molecule has 0 saturated carbocycles. The van der Waals surface area contributed by atoms with Gasteiger partial charge in [-0.1, -0.05) is 24.3 Å². The van der Waals surface area contributed by atoms with Gasteiger partial charge in [-0.05, 0) is 29.8 Å². The van der Waals surface area contributed by atoms with E-state index in [0.29, 0.717) is 11.1 Å². The Balaban J connectivity index is 1.56. The zero-order chi connectivity index (χ0) is 18.6. The Morgan fingerprint density at radius 1 is 1.15 bits per heavy atom. The monoisotopic (exact) mass is 385 g/mol. The number of carbonyl (C=O) groups excluding carboxylic acids is 1. The minimum absolute atomic E-state index is 0.199. The number of para-hydroxylation sites is 1. The number of amides is 1. The van der Waals surface area contributed by atoms with Crippen LogP contribution in [0, 0.1) is 11.3 Å². The van der Waals surface area contributed by atoms with Crippen molar-refractivity contribution in [3.05, 3.63) is 64.7 Å². The van der Waals surface area contributed by atoms with Crippen LogP contribution in [0.1, 0.15) is 16.1 Å². The maximum Gasteiger partial charge on any atom is 0.235 e. The van der Waals surface area contributed by atoms with E-state index in [-0.39, 0.29) is 12.3 Å². The second-order valence-electron chi connectivity index (χ2n) is 5.69. The van der Waals surface area contributed by atoms with Crippen LogP contribution in [0.4, 0.5) is 0 Å². The summed E-state index contributed by atoms with van der Waals surface area (Å²) in [5.41, 5.74) is 1.86. The number of carbonyl (C=O) groups is 1. The number of hydrogen-bond donors (Lipinski definition) is 1. The maximum absolute atomic E-state index is 12.2. The van der Waals surface area contributed by atoms with Gasteiger partial charge in [-0.15, -0.1) is 11.3 Å². The molecule has 2 aromatic carbocycles. The van der Waals surface area contributed by atoms with Gasteiger partial charge in [0.2, 0.25) is 5.91 Å². The highest BCUT2D eigenvalue weighted by Gasteiger charge is 2.17. The summed E-state index contributed by atoms with van der Waals surface area (Å²) in [5, 5.41) is 12.1. The van der Waals surface area contributed by atoms with E-state index < -0.39 is 21.5 Å². The summed E-state index contributed by atoms with van der Waals surface area (Å²) in [5.74, 6) is -1.39. The fraction of sp³-hybridized carbons (Fsp3) is 0.167. The van der Waals surface area contributed by atoms with Crippen LogP contribution in [0.3, 0.4) is 0 Å². The number of fused-ring (bicyclic) bond motifs is 1. The van der Waals surface area contributed by atoms with E-state index >= 15 is 0 Å². The fourth-order valence-corrected chi connectivity index (χ4v) is 4.61. The minimum atomic E-state index is -3.59. The van der Waals surface area contributed by atoms with Crippen molar-refractivity contribution >= 4 is 37.3 Å². The van der Waals surface area contributed by atoms with Crippen molar-refractivity contribution in [1.82, 2.24) is 10.3 Å². The van der Waals surface area contributed by atoms with Gasteiger partial charge in [-0.25, -0.2) is 13.4 Å². The van der Waals surface area contributed by atoms with Crippen LogP contribution in [0.2, 0.25) is 0 Å². The summed E-state index contributed by atoms with van der Waals surface area (Å²) >= 11 is 1.46. The van der Waals surface area contributed by atoms with Gasteiger partial charge < -0.3 is 5.32 Å². The van der Waals surface area contributed by atoms with Gasteiger partial charge in [0.05, 0.1) is 34.1 Å². The molecule has 0 atom stereocenters. The molecular weight excluding hydrogens is 370 g/mol. The first kappa shape index (κ1) is 18.0. The van der Waals surface area contributed by atoms with Crippen LogP contribution in [0.25, 0.3) is 10.2 Å². The summed E-state index contributed by atoms with van der Waals surface area (Å²) in [4.78, 5) is 16.4. The molecule has 1 N–H and O–H groups in total. The third kappa shape index (κ3) is 4.65. The highest BCUT2D eigenvalue weighted by Crippen LogP contribution is 2.21. The lowest BCUT2D eigenvalue weighted by Gasteiger charge is -2.05. The molecule has 0 fully saturated rings. The molecule has 0 spiro atoms. The Morgan fingerprint density at radius 3 is 2.58 bits per heavy atom. The highest BCUT2D eigenvalue weighted by molar-refractivity contribution is 7.91. The number of sulfone groups is 1. The first-order chi connectivity index (χ1) is 12.4. The first-order valence-electron chi connectivity index (χ1n) is 7.76. The zero-order valence-electron chi connectivity index (χ0n) is 13.7. The standard InChI is InChI=1S/C18H15N3O3S2/c19-9-13-5-7-14(8-6-13)11-26(23,24)12-17(22)20-10-18-21-15-3-1-2-4-16(15)25-18/h1-8H,10-12H2,(H,20,22). The van der Waals surface area contributed by atoms with E-state index in [1.165, 1.54) is 11.3 Å². The molecule has 0 aliphatic carbocycles. The predicted octanol–water partition coefficient (Wildman–Crippen LogP) is 2.40.